The number of hydrogen-bond donors (Lipinski definition) is 2. The van der Waals surface area contributed by atoms with Crippen LogP contribution in [-0.2, 0) is 0 Å². The van der Waals surface area contributed by atoms with Crippen LogP contribution in [0, 0.1) is 16.0 Å². The molecule has 0 amide bonds. The van der Waals surface area contributed by atoms with Crippen molar-refractivity contribution < 1.29 is 14.8 Å². The highest BCUT2D eigenvalue weighted by Crippen LogP contribution is 2.29. The maximum atomic E-state index is 10.9. The van der Waals surface area contributed by atoms with Crippen LogP contribution in [0.4, 0.5) is 11.4 Å². The highest BCUT2D eigenvalue weighted by Gasteiger charge is 2.23. The van der Waals surface area contributed by atoms with E-state index >= 15 is 0 Å². The van der Waals surface area contributed by atoms with E-state index < -0.39 is 4.92 Å². The van der Waals surface area contributed by atoms with Crippen LogP contribution in [0.15, 0.2) is 18.2 Å². The second kappa shape index (κ2) is 5.79. The molecule has 0 aromatic heterocycles. The van der Waals surface area contributed by atoms with Gasteiger partial charge >= 0.3 is 0 Å². The summed E-state index contributed by atoms with van der Waals surface area (Å²) in [6, 6.07) is 4.36. The number of hydrogen-bond acceptors (Lipinski definition) is 5. The van der Waals surface area contributed by atoms with E-state index in [4.69, 9.17) is 0 Å². The summed E-state index contributed by atoms with van der Waals surface area (Å²) in [6.45, 7) is 0.596. The molecule has 0 aliphatic heterocycles. The average Bonchev–Trinajstić information content (AvgIpc) is 2.82. The lowest BCUT2D eigenvalue weighted by atomic mass is 10.1. The molecule has 1 aliphatic rings. The summed E-state index contributed by atoms with van der Waals surface area (Å²) in [5, 5.41) is 23.4. The summed E-state index contributed by atoms with van der Waals surface area (Å²) >= 11 is 0. The topological polar surface area (TPSA) is 92.5 Å². The lowest BCUT2D eigenvalue weighted by molar-refractivity contribution is -0.384. The van der Waals surface area contributed by atoms with Crippen LogP contribution in [0.5, 0.6) is 0 Å². The summed E-state index contributed by atoms with van der Waals surface area (Å²) in [4.78, 5) is 21.1. The van der Waals surface area contributed by atoms with Gasteiger partial charge in [0.25, 0.3) is 5.69 Å². The summed E-state index contributed by atoms with van der Waals surface area (Å²) in [6.07, 6.45) is 2.78. The lowest BCUT2D eigenvalue weighted by Crippen LogP contribution is -2.13. The predicted molar refractivity (Wildman–Crippen MR) is 70.3 cm³/mol. The van der Waals surface area contributed by atoms with E-state index in [0.717, 1.165) is 19.3 Å². The molecular formula is C13H16N2O4. The Morgan fingerprint density at radius 2 is 2.26 bits per heavy atom. The van der Waals surface area contributed by atoms with Gasteiger partial charge in [-0.1, -0.05) is 0 Å². The van der Waals surface area contributed by atoms with Crippen LogP contribution in [0.3, 0.4) is 0 Å². The lowest BCUT2D eigenvalue weighted by Gasteiger charge is -2.12. The van der Waals surface area contributed by atoms with E-state index in [1.54, 1.807) is 12.1 Å². The monoisotopic (exact) mass is 264 g/mol. The number of aliphatic hydroxyl groups is 1. The molecule has 0 radical (unpaired) electrons. The molecule has 1 saturated carbocycles. The Morgan fingerprint density at radius 1 is 1.47 bits per heavy atom. The zero-order valence-corrected chi connectivity index (χ0v) is 10.4. The Bertz CT molecular complexity index is 490. The molecule has 2 atom stereocenters. The van der Waals surface area contributed by atoms with Gasteiger partial charge in [-0.25, -0.2) is 0 Å². The van der Waals surface area contributed by atoms with Crippen LogP contribution >= 0.6 is 0 Å². The summed E-state index contributed by atoms with van der Waals surface area (Å²) in [7, 11) is 0. The van der Waals surface area contributed by atoms with Crippen molar-refractivity contribution in [2.75, 3.05) is 11.9 Å². The molecule has 0 saturated heterocycles. The third kappa shape index (κ3) is 3.29. The van der Waals surface area contributed by atoms with Crippen molar-refractivity contribution in [1.82, 2.24) is 0 Å². The molecule has 6 heteroatoms. The first-order valence-electron chi connectivity index (χ1n) is 6.25. The third-order valence-corrected chi connectivity index (χ3v) is 3.45. The summed E-state index contributed by atoms with van der Waals surface area (Å²) in [5.74, 6) is 0.334. The number of carbonyl (C=O) groups is 1. The highest BCUT2D eigenvalue weighted by molar-refractivity contribution is 5.79. The minimum atomic E-state index is -0.501. The maximum absolute atomic E-state index is 10.9. The number of aliphatic hydroxyl groups excluding tert-OH is 1. The first-order chi connectivity index (χ1) is 9.10. The SMILES string of the molecule is O=Cc1ccc(NCC2CCC(O)C2)c([N+](=O)[O-])c1. The van der Waals surface area contributed by atoms with Gasteiger partial charge in [0.2, 0.25) is 0 Å². The molecule has 0 bridgehead atoms. The molecule has 102 valence electrons. The van der Waals surface area contributed by atoms with Crippen molar-refractivity contribution >= 4 is 17.7 Å². The van der Waals surface area contributed by atoms with Gasteiger partial charge in [-0.15, -0.1) is 0 Å². The highest BCUT2D eigenvalue weighted by atomic mass is 16.6. The first-order valence-corrected chi connectivity index (χ1v) is 6.25. The van der Waals surface area contributed by atoms with Crippen LogP contribution < -0.4 is 5.32 Å². The van der Waals surface area contributed by atoms with Gasteiger partial charge in [0.05, 0.1) is 11.0 Å². The van der Waals surface area contributed by atoms with Gasteiger partial charge in [0.1, 0.15) is 12.0 Å². The van der Waals surface area contributed by atoms with Crippen LogP contribution in [0.2, 0.25) is 0 Å². The normalized spacial score (nSPS) is 22.2. The van der Waals surface area contributed by atoms with E-state index in [9.17, 15) is 20.0 Å². The molecular weight excluding hydrogens is 248 g/mol. The Hall–Kier alpha value is -1.95. The molecule has 0 heterocycles. The van der Waals surface area contributed by atoms with Gasteiger partial charge < -0.3 is 10.4 Å². The predicted octanol–water partition coefficient (Wildman–Crippen LogP) is 1.98. The fourth-order valence-electron chi connectivity index (χ4n) is 2.41. The molecule has 6 nitrogen and oxygen atoms in total. The number of nitrogens with zero attached hydrogens (tertiary/aromatic N) is 1. The fraction of sp³-hybridized carbons (Fsp3) is 0.462. The zero-order valence-electron chi connectivity index (χ0n) is 10.4. The second-order valence-corrected chi connectivity index (χ2v) is 4.87. The number of aldehydes is 1. The van der Waals surface area contributed by atoms with Crippen LogP contribution in [-0.4, -0.2) is 29.0 Å². The number of anilines is 1. The Kier molecular flexibility index (Phi) is 4.11. The minimum absolute atomic E-state index is 0.0943. The van der Waals surface area contributed by atoms with Crippen molar-refractivity contribution in [3.05, 3.63) is 33.9 Å². The van der Waals surface area contributed by atoms with Gasteiger partial charge in [-0.3, -0.25) is 14.9 Å². The number of rotatable bonds is 5. The molecule has 2 unspecified atom stereocenters. The van der Waals surface area contributed by atoms with Gasteiger partial charge in [0, 0.05) is 18.2 Å². The number of nitro benzene ring substituents is 1. The Balaban J connectivity index is 2.06. The van der Waals surface area contributed by atoms with Gasteiger partial charge in [-0.2, -0.15) is 0 Å². The van der Waals surface area contributed by atoms with E-state index in [0.29, 0.717) is 24.4 Å². The van der Waals surface area contributed by atoms with Crippen molar-refractivity contribution in [1.29, 1.82) is 0 Å². The molecule has 1 aromatic rings. The smallest absolute Gasteiger partial charge is 0.293 e. The summed E-state index contributed by atoms with van der Waals surface area (Å²) < 4.78 is 0. The molecule has 1 fully saturated rings. The van der Waals surface area contributed by atoms with Crippen molar-refractivity contribution in [2.24, 2.45) is 5.92 Å². The van der Waals surface area contributed by atoms with Crippen LogP contribution in [0.25, 0.3) is 0 Å². The van der Waals surface area contributed by atoms with E-state index in [1.807, 2.05) is 0 Å². The number of benzene rings is 1. The number of nitrogens with one attached hydrogen (secondary N) is 1. The van der Waals surface area contributed by atoms with Gasteiger partial charge in [0.15, 0.2) is 0 Å². The Labute approximate surface area is 110 Å². The molecule has 19 heavy (non-hydrogen) atoms. The van der Waals surface area contributed by atoms with E-state index in [1.165, 1.54) is 6.07 Å². The number of carbonyl (C=O) groups excluding carboxylic acids is 1. The van der Waals surface area contributed by atoms with Crippen molar-refractivity contribution in [3.8, 4) is 0 Å². The van der Waals surface area contributed by atoms with Gasteiger partial charge in [-0.05, 0) is 37.3 Å². The van der Waals surface area contributed by atoms with Crippen molar-refractivity contribution in [2.45, 2.75) is 25.4 Å². The van der Waals surface area contributed by atoms with E-state index in [2.05, 4.69) is 5.32 Å². The standard InChI is InChI=1S/C13H16N2O4/c16-8-10-2-4-12(13(6-10)15(18)19)14-7-9-1-3-11(17)5-9/h2,4,6,8-9,11,14,17H,1,3,5,7H2. The summed E-state index contributed by atoms with van der Waals surface area (Å²) in [5.41, 5.74) is 0.605. The quantitative estimate of drug-likeness (QED) is 0.482. The third-order valence-electron chi connectivity index (χ3n) is 3.45. The molecule has 2 rings (SSSR count). The first kappa shape index (κ1) is 13.5. The zero-order chi connectivity index (χ0) is 13.8. The molecule has 1 aromatic carbocycles. The largest absolute Gasteiger partial charge is 0.393 e. The minimum Gasteiger partial charge on any atom is -0.393 e. The Morgan fingerprint density at radius 3 is 2.84 bits per heavy atom. The molecule has 0 spiro atoms. The maximum Gasteiger partial charge on any atom is 0.293 e. The van der Waals surface area contributed by atoms with Crippen molar-refractivity contribution in [3.63, 3.8) is 0 Å². The number of nitro groups is 1. The van der Waals surface area contributed by atoms with E-state index in [-0.39, 0.29) is 17.4 Å². The second-order valence-electron chi connectivity index (χ2n) is 4.87. The fourth-order valence-corrected chi connectivity index (χ4v) is 2.41. The average molecular weight is 264 g/mol. The molecule has 2 N–H and O–H groups in total. The van der Waals surface area contributed by atoms with Crippen LogP contribution in [0.1, 0.15) is 29.6 Å². The molecule has 1 aliphatic carbocycles.